The Morgan fingerprint density at radius 2 is 2.11 bits per heavy atom. The SMILES string of the molecule is CC(C)NCc1ccc(N(C)Cc2cccs2)nn1. The number of aromatic nitrogens is 2. The molecule has 2 rings (SSSR count). The highest BCUT2D eigenvalue weighted by Gasteiger charge is 2.05. The Kier molecular flexibility index (Phi) is 4.87. The number of hydrogen-bond donors (Lipinski definition) is 1. The third-order valence-corrected chi connectivity index (χ3v) is 3.62. The van der Waals surface area contributed by atoms with Gasteiger partial charge in [-0.2, -0.15) is 5.10 Å². The molecule has 0 amide bonds. The molecule has 0 unspecified atom stereocenters. The van der Waals surface area contributed by atoms with Gasteiger partial charge in [-0.05, 0) is 23.6 Å². The molecule has 4 nitrogen and oxygen atoms in total. The second kappa shape index (κ2) is 6.63. The second-order valence-corrected chi connectivity index (χ2v) is 5.89. The normalized spacial score (nSPS) is 10.9. The lowest BCUT2D eigenvalue weighted by molar-refractivity contribution is 0.577. The molecule has 0 fully saturated rings. The number of nitrogens with zero attached hydrogens (tertiary/aromatic N) is 3. The van der Waals surface area contributed by atoms with Gasteiger partial charge in [-0.3, -0.25) is 0 Å². The molecule has 0 radical (unpaired) electrons. The first-order valence-corrected chi connectivity index (χ1v) is 7.32. The summed E-state index contributed by atoms with van der Waals surface area (Å²) in [5.74, 6) is 0.904. The van der Waals surface area contributed by atoms with Gasteiger partial charge in [-0.15, -0.1) is 16.4 Å². The lowest BCUT2D eigenvalue weighted by Crippen LogP contribution is -2.23. The van der Waals surface area contributed by atoms with Crippen LogP contribution in [0.5, 0.6) is 0 Å². The molecular weight excluding hydrogens is 256 g/mol. The van der Waals surface area contributed by atoms with Crippen LogP contribution in [0.3, 0.4) is 0 Å². The summed E-state index contributed by atoms with van der Waals surface area (Å²) < 4.78 is 0. The minimum absolute atomic E-state index is 0.461. The lowest BCUT2D eigenvalue weighted by Gasteiger charge is -2.16. The summed E-state index contributed by atoms with van der Waals surface area (Å²) >= 11 is 1.76. The van der Waals surface area contributed by atoms with E-state index in [-0.39, 0.29) is 0 Å². The maximum absolute atomic E-state index is 4.28. The van der Waals surface area contributed by atoms with Gasteiger partial charge in [0.1, 0.15) is 0 Å². The Labute approximate surface area is 118 Å². The zero-order chi connectivity index (χ0) is 13.7. The van der Waals surface area contributed by atoms with Gasteiger partial charge in [-0.1, -0.05) is 19.9 Å². The smallest absolute Gasteiger partial charge is 0.151 e. The Morgan fingerprint density at radius 1 is 1.26 bits per heavy atom. The second-order valence-electron chi connectivity index (χ2n) is 4.85. The molecule has 0 saturated carbocycles. The predicted molar refractivity (Wildman–Crippen MR) is 80.4 cm³/mol. The molecule has 0 atom stereocenters. The van der Waals surface area contributed by atoms with Gasteiger partial charge in [0, 0.05) is 24.5 Å². The van der Waals surface area contributed by atoms with Crippen molar-refractivity contribution in [2.45, 2.75) is 33.0 Å². The number of anilines is 1. The van der Waals surface area contributed by atoms with E-state index in [2.05, 4.69) is 51.8 Å². The van der Waals surface area contributed by atoms with E-state index in [4.69, 9.17) is 0 Å². The first-order chi connectivity index (χ1) is 9.15. The Morgan fingerprint density at radius 3 is 2.68 bits per heavy atom. The van der Waals surface area contributed by atoms with Crippen molar-refractivity contribution in [2.75, 3.05) is 11.9 Å². The zero-order valence-electron chi connectivity index (χ0n) is 11.6. The maximum Gasteiger partial charge on any atom is 0.151 e. The van der Waals surface area contributed by atoms with Crippen molar-refractivity contribution in [2.24, 2.45) is 0 Å². The highest BCUT2D eigenvalue weighted by Crippen LogP contribution is 2.15. The molecule has 102 valence electrons. The van der Waals surface area contributed by atoms with Crippen LogP contribution in [-0.4, -0.2) is 23.3 Å². The van der Waals surface area contributed by atoms with E-state index < -0.39 is 0 Å². The fraction of sp³-hybridized carbons (Fsp3) is 0.429. The Balaban J connectivity index is 1.93. The molecule has 0 aliphatic rings. The molecular formula is C14H20N4S. The monoisotopic (exact) mass is 276 g/mol. The molecule has 2 heterocycles. The highest BCUT2D eigenvalue weighted by molar-refractivity contribution is 7.09. The number of thiophene rings is 1. The van der Waals surface area contributed by atoms with Crippen LogP contribution in [0, 0.1) is 0 Å². The summed E-state index contributed by atoms with van der Waals surface area (Å²) in [5.41, 5.74) is 0.974. The third kappa shape index (κ3) is 4.29. The van der Waals surface area contributed by atoms with Crippen molar-refractivity contribution < 1.29 is 0 Å². The fourth-order valence-electron chi connectivity index (χ4n) is 1.68. The lowest BCUT2D eigenvalue weighted by atomic mass is 10.3. The van der Waals surface area contributed by atoms with Crippen molar-refractivity contribution in [3.63, 3.8) is 0 Å². The summed E-state index contributed by atoms with van der Waals surface area (Å²) in [7, 11) is 2.04. The van der Waals surface area contributed by atoms with E-state index in [0.717, 1.165) is 24.6 Å². The quantitative estimate of drug-likeness (QED) is 0.880. The van der Waals surface area contributed by atoms with Crippen molar-refractivity contribution >= 4 is 17.2 Å². The summed E-state index contributed by atoms with van der Waals surface area (Å²) in [6.45, 7) is 5.88. The van der Waals surface area contributed by atoms with Crippen LogP contribution in [0.15, 0.2) is 29.6 Å². The topological polar surface area (TPSA) is 41.0 Å². The minimum atomic E-state index is 0.461. The molecule has 0 aliphatic heterocycles. The number of rotatable bonds is 6. The van der Waals surface area contributed by atoms with Crippen LogP contribution < -0.4 is 10.2 Å². The predicted octanol–water partition coefficient (Wildman–Crippen LogP) is 2.67. The van der Waals surface area contributed by atoms with E-state index in [1.54, 1.807) is 11.3 Å². The Bertz CT molecular complexity index is 479. The molecule has 19 heavy (non-hydrogen) atoms. The van der Waals surface area contributed by atoms with Crippen LogP contribution in [0.25, 0.3) is 0 Å². The van der Waals surface area contributed by atoms with Gasteiger partial charge >= 0.3 is 0 Å². The standard InChI is InChI=1S/C14H20N4S/c1-11(2)15-9-12-6-7-14(17-16-12)18(3)10-13-5-4-8-19-13/h4-8,11,15H,9-10H2,1-3H3. The molecule has 0 aliphatic carbocycles. The van der Waals surface area contributed by atoms with Gasteiger partial charge in [0.15, 0.2) is 5.82 Å². The molecule has 2 aromatic rings. The van der Waals surface area contributed by atoms with Crippen molar-refractivity contribution in [3.8, 4) is 0 Å². The highest BCUT2D eigenvalue weighted by atomic mass is 32.1. The van der Waals surface area contributed by atoms with E-state index >= 15 is 0 Å². The molecule has 1 N–H and O–H groups in total. The van der Waals surface area contributed by atoms with Gasteiger partial charge < -0.3 is 10.2 Å². The largest absolute Gasteiger partial charge is 0.353 e. The van der Waals surface area contributed by atoms with Gasteiger partial charge in [0.25, 0.3) is 0 Å². The molecule has 2 aromatic heterocycles. The van der Waals surface area contributed by atoms with Crippen LogP contribution in [0.2, 0.25) is 0 Å². The minimum Gasteiger partial charge on any atom is -0.353 e. The van der Waals surface area contributed by atoms with Crippen LogP contribution >= 0.6 is 11.3 Å². The van der Waals surface area contributed by atoms with Crippen molar-refractivity contribution in [1.29, 1.82) is 0 Å². The molecule has 0 bridgehead atoms. The van der Waals surface area contributed by atoms with Crippen LogP contribution in [-0.2, 0) is 13.1 Å². The van der Waals surface area contributed by atoms with Gasteiger partial charge in [0.2, 0.25) is 0 Å². The molecule has 0 saturated heterocycles. The average Bonchev–Trinajstić information content (AvgIpc) is 2.89. The van der Waals surface area contributed by atoms with E-state index in [1.165, 1.54) is 4.88 Å². The number of nitrogens with one attached hydrogen (secondary N) is 1. The molecule has 0 aromatic carbocycles. The summed E-state index contributed by atoms with van der Waals surface area (Å²) in [4.78, 5) is 3.44. The third-order valence-electron chi connectivity index (χ3n) is 2.76. The molecule has 0 spiro atoms. The van der Waals surface area contributed by atoms with E-state index in [1.807, 2.05) is 19.2 Å². The van der Waals surface area contributed by atoms with Crippen molar-refractivity contribution in [3.05, 3.63) is 40.2 Å². The first-order valence-electron chi connectivity index (χ1n) is 6.44. The van der Waals surface area contributed by atoms with Crippen LogP contribution in [0.1, 0.15) is 24.4 Å². The fourth-order valence-corrected chi connectivity index (χ4v) is 2.43. The first kappa shape index (κ1) is 14.0. The van der Waals surface area contributed by atoms with Gasteiger partial charge in [-0.25, -0.2) is 0 Å². The summed E-state index contributed by atoms with van der Waals surface area (Å²) in [6.07, 6.45) is 0. The Hall–Kier alpha value is -1.46. The maximum atomic E-state index is 4.28. The van der Waals surface area contributed by atoms with Gasteiger partial charge in [0.05, 0.1) is 12.2 Å². The van der Waals surface area contributed by atoms with Crippen LogP contribution in [0.4, 0.5) is 5.82 Å². The van der Waals surface area contributed by atoms with E-state index in [0.29, 0.717) is 6.04 Å². The average molecular weight is 276 g/mol. The molecule has 5 heteroatoms. The van der Waals surface area contributed by atoms with E-state index in [9.17, 15) is 0 Å². The number of hydrogen-bond acceptors (Lipinski definition) is 5. The summed E-state index contributed by atoms with van der Waals surface area (Å²) in [6, 6.07) is 8.72. The summed E-state index contributed by atoms with van der Waals surface area (Å²) in [5, 5.41) is 14.0. The van der Waals surface area contributed by atoms with Crippen molar-refractivity contribution in [1.82, 2.24) is 15.5 Å². The zero-order valence-corrected chi connectivity index (χ0v) is 12.4.